The number of carbonyl (C=O) groups excluding carboxylic acids is 1. The molecule has 10 heteroatoms. The number of H-pyrrole nitrogens is 1. The number of hydrogen-bond acceptors (Lipinski definition) is 4. The van der Waals surface area contributed by atoms with Crippen molar-refractivity contribution in [2.45, 2.75) is 19.9 Å². The predicted octanol–water partition coefficient (Wildman–Crippen LogP) is 1.86. The molecule has 2 amide bonds. The van der Waals surface area contributed by atoms with Crippen molar-refractivity contribution in [3.63, 3.8) is 0 Å². The molecule has 0 bridgehead atoms. The maximum Gasteiger partial charge on any atom is 0.331 e. The molecule has 2 N–H and O–H groups in total. The lowest BCUT2D eigenvalue weighted by molar-refractivity contribution is 0.200. The largest absolute Gasteiger partial charge is 0.331 e. The number of nitrogens with zero attached hydrogens (tertiary/aromatic N) is 1. The molecule has 136 valence electrons. The Morgan fingerprint density at radius 1 is 1.36 bits per heavy atom. The van der Waals surface area contributed by atoms with Crippen molar-refractivity contribution in [2.24, 2.45) is 0 Å². The van der Waals surface area contributed by atoms with Crippen LogP contribution in [0.25, 0.3) is 10.8 Å². The van der Waals surface area contributed by atoms with Crippen LogP contribution >= 0.6 is 0 Å². The summed E-state index contributed by atoms with van der Waals surface area (Å²) in [6.07, 6.45) is 1.28. The molecule has 0 spiro atoms. The second-order valence-corrected chi connectivity index (χ2v) is 7.47. The number of carbonyl (C=O) groups is 1. The van der Waals surface area contributed by atoms with Gasteiger partial charge in [-0.1, -0.05) is 6.07 Å². The number of benzene rings is 1. The van der Waals surface area contributed by atoms with E-state index < -0.39 is 44.7 Å². The second-order valence-electron chi connectivity index (χ2n) is 5.45. The van der Waals surface area contributed by atoms with Crippen LogP contribution < -0.4 is 10.3 Å². The molecule has 1 atom stereocenters. The molecule has 0 fully saturated rings. The van der Waals surface area contributed by atoms with Crippen LogP contribution in [0, 0.1) is 11.6 Å². The zero-order chi connectivity index (χ0) is 18.9. The topological polar surface area (TPSA) is 99.3 Å². The first-order chi connectivity index (χ1) is 11.6. The van der Waals surface area contributed by atoms with Crippen molar-refractivity contribution in [3.8, 4) is 0 Å². The van der Waals surface area contributed by atoms with Gasteiger partial charge in [-0.25, -0.2) is 26.7 Å². The molecule has 1 heterocycles. The van der Waals surface area contributed by atoms with E-state index in [-0.39, 0.29) is 11.1 Å². The van der Waals surface area contributed by atoms with E-state index in [1.165, 1.54) is 26.2 Å². The van der Waals surface area contributed by atoms with E-state index in [0.717, 1.165) is 11.0 Å². The van der Waals surface area contributed by atoms with Crippen molar-refractivity contribution in [1.82, 2.24) is 14.6 Å². The predicted molar refractivity (Wildman–Crippen MR) is 88.7 cm³/mol. The fourth-order valence-electron chi connectivity index (χ4n) is 2.31. The maximum absolute atomic E-state index is 14.0. The van der Waals surface area contributed by atoms with E-state index in [9.17, 15) is 26.8 Å². The van der Waals surface area contributed by atoms with Crippen LogP contribution in [0.5, 0.6) is 0 Å². The highest BCUT2D eigenvalue weighted by Crippen LogP contribution is 2.27. The van der Waals surface area contributed by atoms with Crippen molar-refractivity contribution in [2.75, 3.05) is 12.8 Å². The third kappa shape index (κ3) is 3.63. The lowest BCUT2D eigenvalue weighted by Crippen LogP contribution is -2.42. The average molecular weight is 373 g/mol. The van der Waals surface area contributed by atoms with Crippen LogP contribution in [0.2, 0.25) is 0 Å². The zero-order valence-corrected chi connectivity index (χ0v) is 14.6. The summed E-state index contributed by atoms with van der Waals surface area (Å²) in [4.78, 5) is 27.3. The number of fused-ring (bicyclic) bond motifs is 1. The Bertz CT molecular complexity index is 988. The number of aromatic amines is 1. The van der Waals surface area contributed by atoms with Crippen LogP contribution in [0.1, 0.15) is 25.5 Å². The zero-order valence-electron chi connectivity index (χ0n) is 13.8. The molecule has 0 saturated carbocycles. The molecular weight excluding hydrogens is 356 g/mol. The molecule has 1 unspecified atom stereocenters. The number of rotatable bonds is 4. The fraction of sp³-hybridized carbons (Fsp3) is 0.333. The molecule has 1 aromatic heterocycles. The molecule has 0 aliphatic heterocycles. The monoisotopic (exact) mass is 373 g/mol. The summed E-state index contributed by atoms with van der Waals surface area (Å²) in [6, 6.07) is 0.519. The highest BCUT2D eigenvalue weighted by Gasteiger charge is 2.24. The number of amides is 2. The van der Waals surface area contributed by atoms with E-state index >= 15 is 0 Å². The number of urea groups is 1. The smallest absolute Gasteiger partial charge is 0.328 e. The maximum atomic E-state index is 14.0. The van der Waals surface area contributed by atoms with Crippen LogP contribution in [0.4, 0.5) is 13.6 Å². The van der Waals surface area contributed by atoms with Gasteiger partial charge in [0.05, 0.1) is 17.2 Å². The van der Waals surface area contributed by atoms with Gasteiger partial charge in [0.2, 0.25) is 10.0 Å². The van der Waals surface area contributed by atoms with Crippen LogP contribution in [0.3, 0.4) is 0 Å². The van der Waals surface area contributed by atoms with Gasteiger partial charge in [-0.15, -0.1) is 0 Å². The number of aromatic nitrogens is 1. The minimum atomic E-state index is -3.75. The number of halogens is 2. The standard InChI is InChI=1S/C15H17F2N3O4S/c1-4-25(23,24)19-15(22)20(3)8(2)10-7-18-14(21)12-9(10)5-6-11(16)13(12)17/h5-8H,4H2,1-3H3,(H,18,21)(H,19,22). The van der Waals surface area contributed by atoms with Crippen molar-refractivity contribution >= 4 is 26.8 Å². The molecule has 1 aromatic carbocycles. The Labute approximate surface area is 142 Å². The van der Waals surface area contributed by atoms with Crippen LogP contribution in [-0.4, -0.2) is 37.1 Å². The molecule has 2 aromatic rings. The molecule has 2 rings (SSSR count). The van der Waals surface area contributed by atoms with E-state index in [2.05, 4.69) is 4.98 Å². The van der Waals surface area contributed by atoms with Crippen LogP contribution in [0.15, 0.2) is 23.1 Å². The molecule has 25 heavy (non-hydrogen) atoms. The van der Waals surface area contributed by atoms with Crippen molar-refractivity contribution in [3.05, 3.63) is 45.9 Å². The van der Waals surface area contributed by atoms with E-state index in [0.29, 0.717) is 5.56 Å². The number of sulfonamides is 1. The first kappa shape index (κ1) is 18.8. The second kappa shape index (κ2) is 6.79. The minimum Gasteiger partial charge on any atom is -0.328 e. The third-order valence-corrected chi connectivity index (χ3v) is 5.21. The van der Waals surface area contributed by atoms with E-state index in [4.69, 9.17) is 0 Å². The fourth-order valence-corrected chi connectivity index (χ4v) is 2.87. The first-order valence-corrected chi connectivity index (χ1v) is 9.00. The van der Waals surface area contributed by atoms with Crippen molar-refractivity contribution in [1.29, 1.82) is 0 Å². The van der Waals surface area contributed by atoms with Crippen molar-refractivity contribution < 1.29 is 22.0 Å². The SMILES string of the molecule is CCS(=O)(=O)NC(=O)N(C)C(C)c1c[nH]c(=O)c2c(F)c(F)ccc12. The van der Waals surface area contributed by atoms with Gasteiger partial charge in [-0.2, -0.15) is 0 Å². The lowest BCUT2D eigenvalue weighted by atomic mass is 10.0. The molecule has 0 radical (unpaired) electrons. The van der Waals surface area contributed by atoms with Gasteiger partial charge in [-0.05, 0) is 30.9 Å². The summed E-state index contributed by atoms with van der Waals surface area (Å²) >= 11 is 0. The Hall–Kier alpha value is -2.49. The summed E-state index contributed by atoms with van der Waals surface area (Å²) < 4.78 is 52.3. The first-order valence-electron chi connectivity index (χ1n) is 7.35. The summed E-state index contributed by atoms with van der Waals surface area (Å²) in [6.45, 7) is 2.94. The van der Waals surface area contributed by atoms with E-state index in [1.807, 2.05) is 4.72 Å². The quantitative estimate of drug-likeness (QED) is 0.854. The summed E-state index contributed by atoms with van der Waals surface area (Å²) in [5, 5.41) is -0.326. The summed E-state index contributed by atoms with van der Waals surface area (Å²) in [5.74, 6) is -2.72. The molecule has 0 saturated heterocycles. The molecule has 7 nitrogen and oxygen atoms in total. The molecule has 0 aliphatic carbocycles. The van der Waals surface area contributed by atoms with Gasteiger partial charge in [0.1, 0.15) is 0 Å². The minimum absolute atomic E-state index is 0.133. The lowest BCUT2D eigenvalue weighted by Gasteiger charge is -2.26. The van der Waals surface area contributed by atoms with E-state index in [1.54, 1.807) is 6.92 Å². The number of nitrogens with one attached hydrogen (secondary N) is 2. The Morgan fingerprint density at radius 2 is 2.00 bits per heavy atom. The highest BCUT2D eigenvalue weighted by atomic mass is 32.2. The summed E-state index contributed by atoms with van der Waals surface area (Å²) in [7, 11) is -2.40. The average Bonchev–Trinajstić information content (AvgIpc) is 2.56. The van der Waals surface area contributed by atoms with Gasteiger partial charge in [0.25, 0.3) is 5.56 Å². The Kier molecular flexibility index (Phi) is 5.12. The normalized spacial score (nSPS) is 12.8. The summed E-state index contributed by atoms with van der Waals surface area (Å²) in [5.41, 5.74) is -0.469. The van der Waals surface area contributed by atoms with Crippen LogP contribution in [-0.2, 0) is 10.0 Å². The number of pyridine rings is 1. The van der Waals surface area contributed by atoms with Gasteiger partial charge < -0.3 is 9.88 Å². The Morgan fingerprint density at radius 3 is 2.60 bits per heavy atom. The van der Waals surface area contributed by atoms with Gasteiger partial charge in [-0.3, -0.25) is 4.79 Å². The number of hydrogen-bond donors (Lipinski definition) is 2. The van der Waals surface area contributed by atoms with Gasteiger partial charge in [0.15, 0.2) is 11.6 Å². The van der Waals surface area contributed by atoms with Gasteiger partial charge in [0, 0.05) is 13.2 Å². The molecule has 0 aliphatic rings. The highest BCUT2D eigenvalue weighted by molar-refractivity contribution is 7.90. The Balaban J connectivity index is 2.48. The molecular formula is C15H17F2N3O4S. The third-order valence-electron chi connectivity index (χ3n) is 3.97. The van der Waals surface area contributed by atoms with Gasteiger partial charge >= 0.3 is 6.03 Å².